The third-order valence-electron chi connectivity index (χ3n) is 4.38. The molecular formula is C21H29N7O. The lowest BCUT2D eigenvalue weighted by molar-refractivity contribution is 0.372. The van der Waals surface area contributed by atoms with Gasteiger partial charge in [-0.15, -0.1) is 0 Å². The van der Waals surface area contributed by atoms with Crippen LogP contribution in [0, 0.1) is 0 Å². The van der Waals surface area contributed by atoms with Gasteiger partial charge in [0.05, 0.1) is 25.0 Å². The second-order valence-electron chi connectivity index (χ2n) is 7.15. The van der Waals surface area contributed by atoms with Crippen molar-refractivity contribution in [2.45, 2.75) is 39.7 Å². The quantitative estimate of drug-likeness (QED) is 0.449. The van der Waals surface area contributed by atoms with Crippen molar-refractivity contribution in [3.8, 4) is 11.3 Å². The number of aromatic amines is 1. The van der Waals surface area contributed by atoms with E-state index in [2.05, 4.69) is 49.5 Å². The maximum Gasteiger partial charge on any atom is 0.228 e. The first kappa shape index (κ1) is 20.6. The van der Waals surface area contributed by atoms with Crippen LogP contribution in [0.25, 0.3) is 11.3 Å². The van der Waals surface area contributed by atoms with E-state index in [4.69, 9.17) is 4.52 Å². The summed E-state index contributed by atoms with van der Waals surface area (Å²) in [6.07, 6.45) is 2.48. The highest BCUT2D eigenvalue weighted by Gasteiger charge is 2.12. The van der Waals surface area contributed by atoms with Crippen molar-refractivity contribution in [3.63, 3.8) is 0 Å². The molecule has 3 aromatic rings. The molecule has 0 aliphatic heterocycles. The second kappa shape index (κ2) is 9.86. The van der Waals surface area contributed by atoms with Crippen LogP contribution in [0.2, 0.25) is 0 Å². The van der Waals surface area contributed by atoms with Crippen molar-refractivity contribution >= 4 is 5.96 Å². The lowest BCUT2D eigenvalue weighted by Crippen LogP contribution is -2.38. The van der Waals surface area contributed by atoms with Gasteiger partial charge in [-0.05, 0) is 12.5 Å². The summed E-state index contributed by atoms with van der Waals surface area (Å²) < 4.78 is 5.29. The molecule has 0 unspecified atom stereocenters. The summed E-state index contributed by atoms with van der Waals surface area (Å²) in [5.41, 5.74) is 2.13. The van der Waals surface area contributed by atoms with Crippen LogP contribution in [0.1, 0.15) is 44.2 Å². The van der Waals surface area contributed by atoms with Gasteiger partial charge in [-0.2, -0.15) is 4.98 Å². The molecule has 2 N–H and O–H groups in total. The largest absolute Gasteiger partial charge is 0.357 e. The Morgan fingerprint density at radius 1 is 1.28 bits per heavy atom. The molecule has 0 aliphatic rings. The molecule has 0 amide bonds. The summed E-state index contributed by atoms with van der Waals surface area (Å²) in [5, 5.41) is 7.31. The standard InChI is InChI=1S/C21H29N7O/c1-5-22-21(23-12-11-19-26-20(15(2)3)27-29-19)28(4)14-18-24-13-17(25-18)16-9-7-6-8-10-16/h6-10,13,15H,5,11-12,14H2,1-4H3,(H,22,23)(H,24,25). The number of aliphatic imine (C=N–C) groups is 1. The lowest BCUT2D eigenvalue weighted by atomic mass is 10.2. The number of imidazole rings is 1. The van der Waals surface area contributed by atoms with E-state index in [0.717, 1.165) is 35.4 Å². The molecule has 0 fully saturated rings. The Hall–Kier alpha value is -3.16. The van der Waals surface area contributed by atoms with E-state index in [-0.39, 0.29) is 5.92 Å². The van der Waals surface area contributed by atoms with Crippen molar-refractivity contribution in [1.29, 1.82) is 0 Å². The van der Waals surface area contributed by atoms with Crippen LogP contribution >= 0.6 is 0 Å². The molecule has 0 atom stereocenters. The van der Waals surface area contributed by atoms with Crippen LogP contribution in [0.5, 0.6) is 0 Å². The molecule has 0 saturated heterocycles. The fourth-order valence-electron chi connectivity index (χ4n) is 2.84. The number of hydrogen-bond acceptors (Lipinski definition) is 5. The minimum absolute atomic E-state index is 0.258. The van der Waals surface area contributed by atoms with Crippen LogP contribution < -0.4 is 5.32 Å². The van der Waals surface area contributed by atoms with Gasteiger partial charge in [0.15, 0.2) is 11.8 Å². The Morgan fingerprint density at radius 3 is 2.76 bits per heavy atom. The maximum atomic E-state index is 5.29. The Bertz CT molecular complexity index is 914. The summed E-state index contributed by atoms with van der Waals surface area (Å²) >= 11 is 0. The molecule has 2 heterocycles. The van der Waals surface area contributed by atoms with Crippen LogP contribution in [-0.2, 0) is 13.0 Å². The zero-order valence-corrected chi connectivity index (χ0v) is 17.5. The van der Waals surface area contributed by atoms with Gasteiger partial charge in [-0.25, -0.2) is 4.98 Å². The van der Waals surface area contributed by atoms with Crippen molar-refractivity contribution in [1.82, 2.24) is 30.3 Å². The average molecular weight is 396 g/mol. The smallest absolute Gasteiger partial charge is 0.228 e. The predicted molar refractivity (Wildman–Crippen MR) is 114 cm³/mol. The van der Waals surface area contributed by atoms with E-state index in [1.807, 2.05) is 50.2 Å². The minimum atomic E-state index is 0.258. The lowest BCUT2D eigenvalue weighted by Gasteiger charge is -2.20. The molecule has 0 spiro atoms. The summed E-state index contributed by atoms with van der Waals surface area (Å²) in [6, 6.07) is 10.2. The van der Waals surface area contributed by atoms with Crippen molar-refractivity contribution in [3.05, 3.63) is 54.1 Å². The molecule has 0 bridgehead atoms. The molecular weight excluding hydrogens is 366 g/mol. The van der Waals surface area contributed by atoms with E-state index in [1.165, 1.54) is 0 Å². The molecule has 0 saturated carbocycles. The number of H-pyrrole nitrogens is 1. The third-order valence-corrected chi connectivity index (χ3v) is 4.38. The van der Waals surface area contributed by atoms with Crippen LogP contribution in [0.15, 0.2) is 46.0 Å². The summed E-state index contributed by atoms with van der Waals surface area (Å²) in [4.78, 5) is 19.0. The third kappa shape index (κ3) is 5.66. The number of benzene rings is 1. The zero-order valence-electron chi connectivity index (χ0n) is 17.5. The van der Waals surface area contributed by atoms with Gasteiger partial charge in [0.1, 0.15) is 5.82 Å². The van der Waals surface area contributed by atoms with E-state index >= 15 is 0 Å². The Labute approximate surface area is 171 Å². The van der Waals surface area contributed by atoms with Gasteiger partial charge in [-0.1, -0.05) is 49.3 Å². The van der Waals surface area contributed by atoms with Gasteiger partial charge < -0.3 is 19.7 Å². The highest BCUT2D eigenvalue weighted by molar-refractivity contribution is 5.79. The van der Waals surface area contributed by atoms with Crippen LogP contribution in [0.3, 0.4) is 0 Å². The van der Waals surface area contributed by atoms with Crippen LogP contribution in [0.4, 0.5) is 0 Å². The fourth-order valence-corrected chi connectivity index (χ4v) is 2.84. The highest BCUT2D eigenvalue weighted by Crippen LogP contribution is 2.16. The second-order valence-corrected chi connectivity index (χ2v) is 7.15. The number of nitrogens with zero attached hydrogens (tertiary/aromatic N) is 5. The van der Waals surface area contributed by atoms with Gasteiger partial charge in [0.25, 0.3) is 0 Å². The van der Waals surface area contributed by atoms with E-state index in [1.54, 1.807) is 0 Å². The maximum absolute atomic E-state index is 5.29. The number of aromatic nitrogens is 4. The molecule has 8 heteroatoms. The minimum Gasteiger partial charge on any atom is -0.357 e. The number of guanidine groups is 1. The zero-order chi connectivity index (χ0) is 20.6. The van der Waals surface area contributed by atoms with E-state index in [9.17, 15) is 0 Å². The van der Waals surface area contributed by atoms with Gasteiger partial charge in [-0.3, -0.25) is 4.99 Å². The van der Waals surface area contributed by atoms with Gasteiger partial charge in [0, 0.05) is 25.9 Å². The normalized spacial score (nSPS) is 11.8. The van der Waals surface area contributed by atoms with Crippen molar-refractivity contribution < 1.29 is 4.52 Å². The Balaban J connectivity index is 1.60. The fraction of sp³-hybridized carbons (Fsp3) is 0.429. The molecule has 29 heavy (non-hydrogen) atoms. The first-order valence-electron chi connectivity index (χ1n) is 9.98. The Morgan fingerprint density at radius 2 is 2.07 bits per heavy atom. The van der Waals surface area contributed by atoms with Gasteiger partial charge in [0.2, 0.25) is 5.89 Å². The molecule has 154 valence electrons. The molecule has 1 aromatic carbocycles. The topological polar surface area (TPSA) is 95.2 Å². The monoisotopic (exact) mass is 395 g/mol. The number of nitrogens with one attached hydrogen (secondary N) is 2. The molecule has 3 rings (SSSR count). The van der Waals surface area contributed by atoms with Crippen molar-refractivity contribution in [2.75, 3.05) is 20.1 Å². The predicted octanol–water partition coefficient (Wildman–Crippen LogP) is 3.22. The SMILES string of the molecule is CCNC(=NCCc1nc(C(C)C)no1)N(C)Cc1ncc(-c2ccccc2)[nH]1. The molecule has 2 aromatic heterocycles. The summed E-state index contributed by atoms with van der Waals surface area (Å²) in [5.74, 6) is 3.31. The Kier molecular flexibility index (Phi) is 6.99. The highest BCUT2D eigenvalue weighted by atomic mass is 16.5. The summed E-state index contributed by atoms with van der Waals surface area (Å²) in [7, 11) is 2.00. The molecule has 0 radical (unpaired) electrons. The van der Waals surface area contributed by atoms with Crippen LogP contribution in [-0.4, -0.2) is 51.1 Å². The first-order valence-corrected chi connectivity index (χ1v) is 9.98. The molecule has 0 aliphatic carbocycles. The molecule has 8 nitrogen and oxygen atoms in total. The average Bonchev–Trinajstić information content (AvgIpc) is 3.38. The summed E-state index contributed by atoms with van der Waals surface area (Å²) in [6.45, 7) is 8.12. The van der Waals surface area contributed by atoms with E-state index < -0.39 is 0 Å². The number of hydrogen-bond donors (Lipinski definition) is 2. The van der Waals surface area contributed by atoms with Crippen molar-refractivity contribution in [2.24, 2.45) is 4.99 Å². The van der Waals surface area contributed by atoms with E-state index in [0.29, 0.717) is 25.4 Å². The number of rotatable bonds is 8. The first-order chi connectivity index (χ1) is 14.1. The van der Waals surface area contributed by atoms with Gasteiger partial charge >= 0.3 is 0 Å².